The van der Waals surface area contributed by atoms with Crippen LogP contribution < -0.4 is 31.0 Å². The molecule has 0 bridgehead atoms. The molecule has 164 valence electrons. The van der Waals surface area contributed by atoms with Crippen LogP contribution in [-0.4, -0.2) is 0 Å². The second-order valence-corrected chi connectivity index (χ2v) is 7.83. The van der Waals surface area contributed by atoms with E-state index in [1.807, 2.05) is 9.36 Å². The van der Waals surface area contributed by atoms with E-state index in [4.69, 9.17) is 19.9 Å². The van der Waals surface area contributed by atoms with Crippen LogP contribution >= 0.6 is 0 Å². The average molecular weight is 407 g/mol. The Morgan fingerprint density at radius 2 is 1.03 bits per heavy atom. The van der Waals surface area contributed by atoms with E-state index in [9.17, 15) is 0 Å². The fourth-order valence-corrected chi connectivity index (χ4v) is 3.61. The number of nitrogens with zero attached hydrogens (tertiary/aromatic N) is 4. The number of unbranched alkanes of at least 4 members (excludes halogenated alkanes) is 8. The molecule has 0 fully saturated rings. The number of rotatable bonds is 16. The minimum absolute atomic E-state index is 0.152. The first-order valence-corrected chi connectivity index (χ1v) is 11.4. The van der Waals surface area contributed by atoms with Gasteiger partial charge in [-0.15, -0.1) is 0 Å². The molecule has 0 aliphatic heterocycles. The first kappa shape index (κ1) is 23.2. The summed E-state index contributed by atoms with van der Waals surface area (Å²) in [5.41, 5.74) is 1.99. The molecule has 0 amide bonds. The zero-order valence-corrected chi connectivity index (χ0v) is 18.2. The number of aryl methyl sites for hydroxylation is 2. The molecule has 2 aromatic heterocycles. The molecule has 8 heteroatoms. The Bertz CT molecular complexity index is 734. The van der Waals surface area contributed by atoms with E-state index >= 15 is 0 Å². The zero-order chi connectivity index (χ0) is 20.9. The summed E-state index contributed by atoms with van der Waals surface area (Å²) in [6, 6.07) is 0. The molecule has 0 saturated carbocycles. The molecule has 0 saturated heterocycles. The molecule has 0 aromatic carbocycles. The maximum Gasteiger partial charge on any atom is 0.268 e. The van der Waals surface area contributed by atoms with E-state index in [0.717, 1.165) is 43.7 Å². The minimum Gasteiger partial charge on any atom is -0.487 e. The Labute approximate surface area is 173 Å². The van der Waals surface area contributed by atoms with Crippen LogP contribution in [0.4, 0.5) is 0 Å². The summed E-state index contributed by atoms with van der Waals surface area (Å²) in [6.45, 7) is 6.03. The van der Waals surface area contributed by atoms with Crippen molar-refractivity contribution < 1.29 is 18.4 Å². The standard InChI is InChI=1S/C21H38N6O2/c1-3-5-7-9-11-16-26-18(20(22)28-24-26)14-13-15-19-21(23)29-25-27(19)17-12-10-8-6-4-2/h22-23H,3-17H2,1-2H3. The van der Waals surface area contributed by atoms with Gasteiger partial charge in [-0.3, -0.25) is 21.4 Å². The molecule has 2 N–H and O–H groups in total. The summed E-state index contributed by atoms with van der Waals surface area (Å²) >= 11 is 0. The maximum absolute atomic E-state index is 8.00. The van der Waals surface area contributed by atoms with Gasteiger partial charge in [-0.05, 0) is 19.3 Å². The highest BCUT2D eigenvalue weighted by molar-refractivity contribution is 4.85. The van der Waals surface area contributed by atoms with Gasteiger partial charge < -0.3 is 9.05 Å². The van der Waals surface area contributed by atoms with Gasteiger partial charge in [0.05, 0.1) is 0 Å². The highest BCUT2D eigenvalue weighted by Gasteiger charge is 2.16. The Morgan fingerprint density at radius 1 is 0.621 bits per heavy atom. The van der Waals surface area contributed by atoms with Gasteiger partial charge in [0.1, 0.15) is 13.1 Å². The molecule has 8 nitrogen and oxygen atoms in total. The monoisotopic (exact) mass is 406 g/mol. The van der Waals surface area contributed by atoms with Gasteiger partial charge in [-0.2, -0.15) is 0 Å². The molecular formula is C21H38N6O2. The van der Waals surface area contributed by atoms with Crippen LogP contribution in [0.2, 0.25) is 0 Å². The van der Waals surface area contributed by atoms with Crippen LogP contribution in [0.5, 0.6) is 0 Å². The lowest BCUT2D eigenvalue weighted by Crippen LogP contribution is -2.44. The van der Waals surface area contributed by atoms with Crippen molar-refractivity contribution in [2.45, 2.75) is 110 Å². The molecule has 0 unspecified atom stereocenters. The summed E-state index contributed by atoms with van der Waals surface area (Å²) in [5, 5.41) is 24.1. The third kappa shape index (κ3) is 7.66. The molecular weight excluding hydrogens is 368 g/mol. The lowest BCUT2D eigenvalue weighted by atomic mass is 10.1. The average Bonchev–Trinajstić information content (AvgIpc) is 3.24. The van der Waals surface area contributed by atoms with Gasteiger partial charge in [0.15, 0.2) is 0 Å². The Hall–Kier alpha value is -2.12. The van der Waals surface area contributed by atoms with Gasteiger partial charge in [0.2, 0.25) is 11.4 Å². The second kappa shape index (κ2) is 13.2. The van der Waals surface area contributed by atoms with E-state index < -0.39 is 0 Å². The van der Waals surface area contributed by atoms with Crippen LogP contribution in [-0.2, 0) is 25.9 Å². The van der Waals surface area contributed by atoms with Crippen LogP contribution in [0.3, 0.4) is 0 Å². The molecule has 2 rings (SSSR count). The summed E-state index contributed by atoms with van der Waals surface area (Å²) < 4.78 is 13.9. The van der Waals surface area contributed by atoms with E-state index in [1.165, 1.54) is 51.4 Å². The SMILES string of the molecule is CCCCCCC[n+]1[n-]oc(=N)c1CCCc1c(=N)o[n-][n+]1CCCCCCC. The van der Waals surface area contributed by atoms with Gasteiger partial charge in [0.25, 0.3) is 11.1 Å². The molecule has 2 aromatic rings. The zero-order valence-electron chi connectivity index (χ0n) is 18.2. The fourth-order valence-electron chi connectivity index (χ4n) is 3.61. The third-order valence-electron chi connectivity index (χ3n) is 5.38. The normalized spacial score (nSPS) is 11.4. The molecule has 29 heavy (non-hydrogen) atoms. The molecule has 2 heterocycles. The second-order valence-electron chi connectivity index (χ2n) is 7.83. The van der Waals surface area contributed by atoms with E-state index in [2.05, 4.69) is 24.4 Å². The van der Waals surface area contributed by atoms with Crippen molar-refractivity contribution >= 4 is 0 Å². The van der Waals surface area contributed by atoms with Gasteiger partial charge in [0, 0.05) is 25.7 Å². The van der Waals surface area contributed by atoms with E-state index in [-0.39, 0.29) is 11.1 Å². The minimum atomic E-state index is 0.152. The Morgan fingerprint density at radius 3 is 1.45 bits per heavy atom. The van der Waals surface area contributed by atoms with E-state index in [1.54, 1.807) is 0 Å². The van der Waals surface area contributed by atoms with Crippen LogP contribution in [0.25, 0.3) is 0 Å². The number of hydrogen-bond donors (Lipinski definition) is 2. The lowest BCUT2D eigenvalue weighted by Gasteiger charge is -2.04. The van der Waals surface area contributed by atoms with Crippen molar-refractivity contribution in [1.29, 1.82) is 10.8 Å². The molecule has 0 aliphatic rings. The molecule has 0 aliphatic carbocycles. The quantitative estimate of drug-likeness (QED) is 0.329. The van der Waals surface area contributed by atoms with Crippen molar-refractivity contribution in [3.63, 3.8) is 0 Å². The highest BCUT2D eigenvalue weighted by atomic mass is 16.5. The van der Waals surface area contributed by atoms with Gasteiger partial charge >= 0.3 is 0 Å². The topological polar surface area (TPSA) is 110 Å². The maximum atomic E-state index is 8.00. The Kier molecular flexibility index (Phi) is 10.5. The van der Waals surface area contributed by atoms with Crippen LogP contribution in [0, 0.1) is 10.8 Å². The van der Waals surface area contributed by atoms with E-state index in [0.29, 0.717) is 12.8 Å². The fraction of sp³-hybridized carbons (Fsp3) is 0.810. The smallest absolute Gasteiger partial charge is 0.268 e. The van der Waals surface area contributed by atoms with Gasteiger partial charge in [-0.1, -0.05) is 52.4 Å². The third-order valence-corrected chi connectivity index (χ3v) is 5.38. The number of hydrogen-bond acceptors (Lipinski definition) is 4. The van der Waals surface area contributed by atoms with Crippen LogP contribution in [0.1, 0.15) is 95.9 Å². The van der Waals surface area contributed by atoms with Crippen molar-refractivity contribution in [1.82, 2.24) is 10.5 Å². The van der Waals surface area contributed by atoms with Crippen LogP contribution in [0.15, 0.2) is 9.05 Å². The van der Waals surface area contributed by atoms with Gasteiger partial charge in [-0.25, -0.2) is 9.36 Å². The highest BCUT2D eigenvalue weighted by Crippen LogP contribution is 2.04. The molecule has 0 spiro atoms. The van der Waals surface area contributed by atoms with Crippen molar-refractivity contribution in [3.05, 3.63) is 22.5 Å². The van der Waals surface area contributed by atoms with Crippen molar-refractivity contribution in [2.24, 2.45) is 0 Å². The predicted octanol–water partition coefficient (Wildman–Crippen LogP) is 2.44. The Balaban J connectivity index is 1.82. The largest absolute Gasteiger partial charge is 0.487 e. The van der Waals surface area contributed by atoms with Crippen molar-refractivity contribution in [3.8, 4) is 0 Å². The predicted molar refractivity (Wildman–Crippen MR) is 106 cm³/mol. The van der Waals surface area contributed by atoms with Crippen molar-refractivity contribution in [2.75, 3.05) is 0 Å². The first-order chi connectivity index (χ1) is 14.2. The lowest BCUT2D eigenvalue weighted by molar-refractivity contribution is -0.774. The first-order valence-electron chi connectivity index (χ1n) is 11.4. The summed E-state index contributed by atoms with van der Waals surface area (Å²) in [7, 11) is 0. The molecule has 0 atom stereocenters. The summed E-state index contributed by atoms with van der Waals surface area (Å²) in [5.74, 6) is 0. The summed E-state index contributed by atoms with van der Waals surface area (Å²) in [4.78, 5) is 0. The summed E-state index contributed by atoms with van der Waals surface area (Å²) in [6.07, 6.45) is 14.2. The number of aromatic nitrogens is 4. The number of nitrogens with one attached hydrogen (secondary N) is 2. The molecule has 0 radical (unpaired) electrons.